The molecule has 1 rings (SSSR count). The van der Waals surface area contributed by atoms with Crippen LogP contribution in [0.1, 0.15) is 37.7 Å². The maximum absolute atomic E-state index is 11.5. The molecule has 0 aliphatic heterocycles. The van der Waals surface area contributed by atoms with Gasteiger partial charge in [0.2, 0.25) is 0 Å². The predicted molar refractivity (Wildman–Crippen MR) is 73.4 cm³/mol. The number of hydrogen-bond donors (Lipinski definition) is 0. The van der Waals surface area contributed by atoms with Crippen LogP contribution in [0.25, 0.3) is 0 Å². The first-order chi connectivity index (χ1) is 9.12. The zero-order valence-electron chi connectivity index (χ0n) is 11.7. The molecule has 0 bridgehead atoms. The third kappa shape index (κ3) is 4.35. The maximum Gasteiger partial charge on any atom is 0.325 e. The van der Waals surface area contributed by atoms with Crippen molar-refractivity contribution in [2.45, 2.75) is 27.2 Å². The van der Waals surface area contributed by atoms with Gasteiger partial charge >= 0.3 is 5.97 Å². The highest BCUT2D eigenvalue weighted by Gasteiger charge is 2.12. The summed E-state index contributed by atoms with van der Waals surface area (Å²) in [6, 6.07) is 3.49. The van der Waals surface area contributed by atoms with Crippen LogP contribution in [0, 0.1) is 0 Å². The lowest BCUT2D eigenvalue weighted by atomic mass is 10.2. The minimum atomic E-state index is -0.266. The number of Topliss-reactive ketones (excluding diaryl/α,β-unsaturated/α-hetero) is 1. The molecule has 0 spiro atoms. The molecule has 1 heterocycles. The lowest BCUT2D eigenvalue weighted by Crippen LogP contribution is -2.30. The zero-order valence-corrected chi connectivity index (χ0v) is 11.7. The summed E-state index contributed by atoms with van der Waals surface area (Å²) in [5.74, 6) is -0.252. The summed E-state index contributed by atoms with van der Waals surface area (Å²) in [4.78, 5) is 28.9. The Morgan fingerprint density at radius 3 is 2.47 bits per heavy atom. The Kier molecular flexibility index (Phi) is 5.99. The van der Waals surface area contributed by atoms with E-state index in [2.05, 4.69) is 4.98 Å². The van der Waals surface area contributed by atoms with E-state index < -0.39 is 0 Å². The zero-order chi connectivity index (χ0) is 14.3. The van der Waals surface area contributed by atoms with Gasteiger partial charge in [0.25, 0.3) is 0 Å². The molecule has 0 aromatic carbocycles. The van der Waals surface area contributed by atoms with Crippen molar-refractivity contribution in [2.24, 2.45) is 0 Å². The monoisotopic (exact) mass is 264 g/mol. The van der Waals surface area contributed by atoms with Gasteiger partial charge in [0.15, 0.2) is 5.78 Å². The number of likely N-dealkylation sites (N-methyl/N-ethyl adjacent to an activating group) is 1. The number of carbonyl (C=O) groups excluding carboxylic acids is 2. The Bertz CT molecular complexity index is 429. The van der Waals surface area contributed by atoms with Crippen molar-refractivity contribution >= 4 is 17.4 Å². The number of esters is 1. The minimum Gasteiger partial charge on any atom is -0.465 e. The van der Waals surface area contributed by atoms with E-state index in [0.717, 1.165) is 5.69 Å². The molecular formula is C14H20N2O3. The number of ether oxygens (including phenoxy) is 1. The summed E-state index contributed by atoms with van der Waals surface area (Å²) in [6.45, 7) is 6.76. The van der Waals surface area contributed by atoms with Crippen LogP contribution in [0.5, 0.6) is 0 Å². The molecule has 0 aliphatic carbocycles. The van der Waals surface area contributed by atoms with Gasteiger partial charge in [-0.3, -0.25) is 14.6 Å². The molecule has 0 fully saturated rings. The Balaban J connectivity index is 2.76. The molecular weight excluding hydrogens is 244 g/mol. The molecule has 0 unspecified atom stereocenters. The number of nitrogens with zero attached hydrogens (tertiary/aromatic N) is 2. The first kappa shape index (κ1) is 15.1. The van der Waals surface area contributed by atoms with Crippen LogP contribution in [0.15, 0.2) is 18.3 Å². The van der Waals surface area contributed by atoms with Gasteiger partial charge in [-0.2, -0.15) is 0 Å². The molecule has 0 amide bonds. The van der Waals surface area contributed by atoms with Crippen LogP contribution < -0.4 is 4.90 Å². The van der Waals surface area contributed by atoms with E-state index in [1.807, 2.05) is 11.8 Å². The number of hydrogen-bond acceptors (Lipinski definition) is 5. The van der Waals surface area contributed by atoms with Crippen LogP contribution >= 0.6 is 0 Å². The predicted octanol–water partition coefficient (Wildman–Crippen LogP) is 2.06. The molecule has 0 N–H and O–H groups in total. The molecule has 1 aromatic rings. The Hall–Kier alpha value is -1.91. The number of aromatic nitrogens is 1. The van der Waals surface area contributed by atoms with Crippen LogP contribution in [-0.4, -0.2) is 36.4 Å². The smallest absolute Gasteiger partial charge is 0.325 e. The summed E-state index contributed by atoms with van der Waals surface area (Å²) in [5.41, 5.74) is 1.27. The molecule has 5 heteroatoms. The quantitative estimate of drug-likeness (QED) is 0.557. The highest BCUT2D eigenvalue weighted by atomic mass is 16.5. The van der Waals surface area contributed by atoms with Crippen LogP contribution in [0.2, 0.25) is 0 Å². The number of carbonyl (C=O) groups is 2. The van der Waals surface area contributed by atoms with Crippen LogP contribution in [0.4, 0.5) is 5.69 Å². The average molecular weight is 264 g/mol. The van der Waals surface area contributed by atoms with Crippen molar-refractivity contribution < 1.29 is 14.3 Å². The fourth-order valence-corrected chi connectivity index (χ4v) is 1.67. The molecule has 0 saturated carbocycles. The second-order valence-corrected chi connectivity index (χ2v) is 4.00. The largest absolute Gasteiger partial charge is 0.465 e. The maximum atomic E-state index is 11.5. The molecule has 0 radical (unpaired) electrons. The second kappa shape index (κ2) is 7.51. The molecule has 1 aromatic heterocycles. The van der Waals surface area contributed by atoms with Crippen molar-refractivity contribution in [3.05, 3.63) is 24.0 Å². The van der Waals surface area contributed by atoms with Gasteiger partial charge in [-0.25, -0.2) is 0 Å². The van der Waals surface area contributed by atoms with Gasteiger partial charge < -0.3 is 9.64 Å². The lowest BCUT2D eigenvalue weighted by molar-refractivity contribution is -0.141. The van der Waals surface area contributed by atoms with Gasteiger partial charge in [0, 0.05) is 13.0 Å². The molecule has 0 atom stereocenters. The van der Waals surface area contributed by atoms with Gasteiger partial charge in [0.05, 0.1) is 18.5 Å². The summed E-state index contributed by atoms with van der Waals surface area (Å²) in [7, 11) is 0. The molecule has 0 aliphatic rings. The molecule has 0 saturated heterocycles. The first-order valence-corrected chi connectivity index (χ1v) is 6.52. The highest BCUT2D eigenvalue weighted by molar-refractivity contribution is 5.94. The Labute approximate surface area is 113 Å². The number of ketones is 1. The van der Waals surface area contributed by atoms with Crippen molar-refractivity contribution in [3.63, 3.8) is 0 Å². The van der Waals surface area contributed by atoms with Crippen LogP contribution in [-0.2, 0) is 9.53 Å². The third-order valence-electron chi connectivity index (χ3n) is 2.73. The molecule has 5 nitrogen and oxygen atoms in total. The average Bonchev–Trinajstić information content (AvgIpc) is 2.44. The summed E-state index contributed by atoms with van der Waals surface area (Å²) in [5, 5.41) is 0. The number of anilines is 1. The fourth-order valence-electron chi connectivity index (χ4n) is 1.67. The minimum absolute atomic E-state index is 0.0139. The van der Waals surface area contributed by atoms with Gasteiger partial charge in [-0.1, -0.05) is 6.92 Å². The fraction of sp³-hybridized carbons (Fsp3) is 0.500. The Morgan fingerprint density at radius 2 is 2.00 bits per heavy atom. The van der Waals surface area contributed by atoms with Gasteiger partial charge in [0.1, 0.15) is 12.2 Å². The topological polar surface area (TPSA) is 59.5 Å². The Morgan fingerprint density at radius 1 is 1.26 bits per heavy atom. The standard InChI is InChI=1S/C14H20N2O3/c1-4-13(17)12-8-7-11(9-15-12)16(5-2)10-14(18)19-6-3/h7-9H,4-6,10H2,1-3H3. The molecule has 104 valence electrons. The first-order valence-electron chi connectivity index (χ1n) is 6.52. The van der Waals surface area contributed by atoms with Gasteiger partial charge in [-0.05, 0) is 26.0 Å². The van der Waals surface area contributed by atoms with Crippen LogP contribution in [0.3, 0.4) is 0 Å². The van der Waals surface area contributed by atoms with E-state index in [-0.39, 0.29) is 18.3 Å². The number of rotatable bonds is 7. The van der Waals surface area contributed by atoms with Gasteiger partial charge in [-0.15, -0.1) is 0 Å². The van der Waals surface area contributed by atoms with E-state index in [9.17, 15) is 9.59 Å². The van der Waals surface area contributed by atoms with E-state index in [4.69, 9.17) is 4.74 Å². The SMILES string of the molecule is CCOC(=O)CN(CC)c1ccc(C(=O)CC)nc1. The summed E-state index contributed by atoms with van der Waals surface area (Å²) < 4.78 is 4.92. The van der Waals surface area contributed by atoms with Crippen molar-refractivity contribution in [2.75, 3.05) is 24.6 Å². The van der Waals surface area contributed by atoms with E-state index in [1.165, 1.54) is 0 Å². The molecule has 19 heavy (non-hydrogen) atoms. The van der Waals surface area contributed by atoms with Crippen molar-refractivity contribution in [1.82, 2.24) is 4.98 Å². The van der Waals surface area contributed by atoms with E-state index in [1.54, 1.807) is 32.2 Å². The number of pyridine rings is 1. The van der Waals surface area contributed by atoms with Crippen molar-refractivity contribution in [3.8, 4) is 0 Å². The normalized spacial score (nSPS) is 10.1. The van der Waals surface area contributed by atoms with E-state index in [0.29, 0.717) is 25.3 Å². The lowest BCUT2D eigenvalue weighted by Gasteiger charge is -2.21. The van der Waals surface area contributed by atoms with E-state index >= 15 is 0 Å². The summed E-state index contributed by atoms with van der Waals surface area (Å²) in [6.07, 6.45) is 2.05. The third-order valence-corrected chi connectivity index (χ3v) is 2.73. The van der Waals surface area contributed by atoms with Crippen molar-refractivity contribution in [1.29, 1.82) is 0 Å². The highest BCUT2D eigenvalue weighted by Crippen LogP contribution is 2.13. The second-order valence-electron chi connectivity index (χ2n) is 4.00. The summed E-state index contributed by atoms with van der Waals surface area (Å²) >= 11 is 0.